The summed E-state index contributed by atoms with van der Waals surface area (Å²) in [4.78, 5) is 41.7. The Morgan fingerprint density at radius 1 is 0.833 bits per heavy atom. The van der Waals surface area contributed by atoms with Crippen LogP contribution in [0.3, 0.4) is 0 Å². The molecule has 184 valence electrons. The van der Waals surface area contributed by atoms with E-state index in [0.29, 0.717) is 18.7 Å². The molecule has 2 heterocycles. The highest BCUT2D eigenvalue weighted by molar-refractivity contribution is 5.93. The van der Waals surface area contributed by atoms with Crippen molar-refractivity contribution >= 4 is 17.7 Å². The average Bonchev–Trinajstić information content (AvgIpc) is 2.93. The fourth-order valence-electron chi connectivity index (χ4n) is 5.43. The number of carbonyl (C=O) groups excluding carboxylic acids is 3. The maximum atomic E-state index is 13.4. The highest BCUT2D eigenvalue weighted by Crippen LogP contribution is 2.48. The lowest BCUT2D eigenvalue weighted by Crippen LogP contribution is -2.60. The smallest absolute Gasteiger partial charge is 0.274 e. The van der Waals surface area contributed by atoms with Crippen molar-refractivity contribution in [3.63, 3.8) is 0 Å². The molecule has 5 rings (SSSR count). The second kappa shape index (κ2) is 10.3. The molecular weight excluding hydrogens is 454 g/mol. The fourth-order valence-corrected chi connectivity index (χ4v) is 5.43. The molecule has 2 atom stereocenters. The first-order valence-electron chi connectivity index (χ1n) is 12.3. The number of rotatable bonds is 6. The lowest BCUT2D eigenvalue weighted by molar-refractivity contribution is -0.157. The summed E-state index contributed by atoms with van der Waals surface area (Å²) in [5, 5.41) is 8.74. The largest absolute Gasteiger partial charge is 0.342 e. The van der Waals surface area contributed by atoms with Crippen LogP contribution in [0.2, 0.25) is 0 Å². The first kappa shape index (κ1) is 23.8. The van der Waals surface area contributed by atoms with Crippen LogP contribution >= 0.6 is 0 Å². The minimum atomic E-state index is -0.584. The first-order chi connectivity index (χ1) is 17.6. The number of amides is 3. The third-order valence-electron chi connectivity index (χ3n) is 7.32. The van der Waals surface area contributed by atoms with Gasteiger partial charge in [0.15, 0.2) is 0 Å². The van der Waals surface area contributed by atoms with Crippen LogP contribution in [0.4, 0.5) is 0 Å². The van der Waals surface area contributed by atoms with Crippen molar-refractivity contribution in [1.29, 1.82) is 0 Å². The SMILES string of the molecule is O=C(NO)c1ccc(CC(=O)N2CCC(N3C(=O)[C@H](c4ccccc4)[C@H]3c3ccccc3)CC2)cc1. The molecular formula is C29H29N3O4. The zero-order chi connectivity index (χ0) is 25.1. The number of nitrogens with one attached hydrogen (secondary N) is 1. The van der Waals surface area contributed by atoms with Crippen LogP contribution < -0.4 is 5.48 Å². The van der Waals surface area contributed by atoms with Gasteiger partial charge in [-0.15, -0.1) is 0 Å². The molecule has 7 nitrogen and oxygen atoms in total. The van der Waals surface area contributed by atoms with Crippen molar-refractivity contribution in [3.05, 3.63) is 107 Å². The monoisotopic (exact) mass is 483 g/mol. The van der Waals surface area contributed by atoms with E-state index in [1.165, 1.54) is 0 Å². The summed E-state index contributed by atoms with van der Waals surface area (Å²) in [6.07, 6.45) is 1.74. The molecule has 0 bridgehead atoms. The molecule has 0 aromatic heterocycles. The van der Waals surface area contributed by atoms with Crippen LogP contribution in [0.1, 0.15) is 51.8 Å². The Labute approximate surface area is 210 Å². The molecule has 3 aromatic carbocycles. The van der Waals surface area contributed by atoms with Crippen LogP contribution in [0.25, 0.3) is 0 Å². The van der Waals surface area contributed by atoms with Gasteiger partial charge in [-0.05, 0) is 41.7 Å². The predicted molar refractivity (Wildman–Crippen MR) is 134 cm³/mol. The molecule has 7 heteroatoms. The fraction of sp³-hybridized carbons (Fsp3) is 0.276. The average molecular weight is 484 g/mol. The highest BCUT2D eigenvalue weighted by Gasteiger charge is 2.51. The zero-order valence-electron chi connectivity index (χ0n) is 19.9. The van der Waals surface area contributed by atoms with Gasteiger partial charge in [0.05, 0.1) is 18.4 Å². The molecule has 0 radical (unpaired) electrons. The van der Waals surface area contributed by atoms with E-state index >= 15 is 0 Å². The van der Waals surface area contributed by atoms with E-state index in [0.717, 1.165) is 29.5 Å². The van der Waals surface area contributed by atoms with E-state index in [-0.39, 0.29) is 36.2 Å². The number of likely N-dealkylation sites (tertiary alicyclic amines) is 2. The van der Waals surface area contributed by atoms with Gasteiger partial charge >= 0.3 is 0 Å². The molecule has 3 aromatic rings. The second-order valence-corrected chi connectivity index (χ2v) is 9.42. The van der Waals surface area contributed by atoms with Crippen molar-refractivity contribution in [2.75, 3.05) is 13.1 Å². The minimum absolute atomic E-state index is 0.00277. The van der Waals surface area contributed by atoms with Crippen LogP contribution in [-0.2, 0) is 16.0 Å². The maximum Gasteiger partial charge on any atom is 0.274 e. The maximum absolute atomic E-state index is 13.4. The minimum Gasteiger partial charge on any atom is -0.342 e. The Bertz CT molecular complexity index is 1220. The Hall–Kier alpha value is -3.97. The molecule has 0 unspecified atom stereocenters. The molecule has 2 fully saturated rings. The number of piperidine rings is 1. The van der Waals surface area contributed by atoms with Crippen molar-refractivity contribution in [1.82, 2.24) is 15.3 Å². The quantitative estimate of drug-likeness (QED) is 0.318. The van der Waals surface area contributed by atoms with Crippen LogP contribution in [0, 0.1) is 0 Å². The molecule has 2 aliphatic heterocycles. The third kappa shape index (κ3) is 4.62. The van der Waals surface area contributed by atoms with Gasteiger partial charge < -0.3 is 9.80 Å². The predicted octanol–water partition coefficient (Wildman–Crippen LogP) is 3.71. The topological polar surface area (TPSA) is 89.9 Å². The molecule has 2 aliphatic rings. The number of nitrogens with zero attached hydrogens (tertiary/aromatic N) is 2. The molecule has 0 aliphatic carbocycles. The van der Waals surface area contributed by atoms with Crippen molar-refractivity contribution in [2.45, 2.75) is 37.3 Å². The number of carbonyl (C=O) groups is 3. The van der Waals surface area contributed by atoms with Gasteiger partial charge in [-0.1, -0.05) is 72.8 Å². The normalized spacial score (nSPS) is 20.1. The van der Waals surface area contributed by atoms with Crippen molar-refractivity contribution < 1.29 is 19.6 Å². The van der Waals surface area contributed by atoms with Gasteiger partial charge in [-0.3, -0.25) is 19.6 Å². The first-order valence-corrected chi connectivity index (χ1v) is 12.3. The number of hydrogen-bond donors (Lipinski definition) is 2. The van der Waals surface area contributed by atoms with E-state index in [9.17, 15) is 14.4 Å². The molecule has 3 amide bonds. The molecule has 2 N–H and O–H groups in total. The van der Waals surface area contributed by atoms with Gasteiger partial charge in [0.25, 0.3) is 5.91 Å². The molecule has 0 saturated carbocycles. The van der Waals surface area contributed by atoms with Crippen LogP contribution in [0.5, 0.6) is 0 Å². The third-order valence-corrected chi connectivity index (χ3v) is 7.32. The van der Waals surface area contributed by atoms with Gasteiger partial charge in [0.1, 0.15) is 0 Å². The van der Waals surface area contributed by atoms with Crippen LogP contribution in [-0.4, -0.2) is 51.9 Å². The summed E-state index contributed by atoms with van der Waals surface area (Å²) in [6.45, 7) is 1.21. The lowest BCUT2D eigenvalue weighted by atomic mass is 9.76. The van der Waals surface area contributed by atoms with Crippen LogP contribution in [0.15, 0.2) is 84.9 Å². The lowest BCUT2D eigenvalue weighted by Gasteiger charge is -2.53. The van der Waals surface area contributed by atoms with Crippen molar-refractivity contribution in [3.8, 4) is 0 Å². The summed E-state index contributed by atoms with van der Waals surface area (Å²) < 4.78 is 0. The molecule has 2 saturated heterocycles. The summed E-state index contributed by atoms with van der Waals surface area (Å²) in [5.74, 6) is -0.570. The van der Waals surface area contributed by atoms with E-state index in [4.69, 9.17) is 5.21 Å². The van der Waals surface area contributed by atoms with Gasteiger partial charge in [0.2, 0.25) is 11.8 Å². The number of hydroxylamine groups is 1. The Morgan fingerprint density at radius 3 is 2.00 bits per heavy atom. The number of β-lactam (4-membered cyclic amide) rings is 1. The molecule has 0 spiro atoms. The standard InChI is InChI=1S/C29H29N3O4/c33-25(19-20-11-13-23(14-12-20)28(34)30-36)31-17-15-24(16-18-31)32-27(22-9-5-2-6-10-22)26(29(32)35)21-7-3-1-4-8-21/h1-14,24,26-27,36H,15-19H2,(H,30,34)/t26-,27-/m1/s1. The summed E-state index contributed by atoms with van der Waals surface area (Å²) >= 11 is 0. The summed E-state index contributed by atoms with van der Waals surface area (Å²) in [6, 6.07) is 26.9. The van der Waals surface area contributed by atoms with Gasteiger partial charge in [-0.25, -0.2) is 5.48 Å². The molecule has 36 heavy (non-hydrogen) atoms. The summed E-state index contributed by atoms with van der Waals surface area (Å²) in [5.41, 5.74) is 4.93. The van der Waals surface area contributed by atoms with E-state index in [2.05, 4.69) is 12.1 Å². The zero-order valence-corrected chi connectivity index (χ0v) is 19.9. The van der Waals surface area contributed by atoms with Crippen molar-refractivity contribution in [2.24, 2.45) is 0 Å². The van der Waals surface area contributed by atoms with Gasteiger partial charge in [-0.2, -0.15) is 0 Å². The second-order valence-electron chi connectivity index (χ2n) is 9.42. The van der Waals surface area contributed by atoms with Gasteiger partial charge in [0, 0.05) is 24.7 Å². The van der Waals surface area contributed by atoms with E-state index < -0.39 is 5.91 Å². The Morgan fingerprint density at radius 2 is 1.42 bits per heavy atom. The number of hydrogen-bond acceptors (Lipinski definition) is 4. The highest BCUT2D eigenvalue weighted by atomic mass is 16.5. The number of benzene rings is 3. The van der Waals surface area contributed by atoms with E-state index in [1.54, 1.807) is 29.7 Å². The Balaban J connectivity index is 1.24. The Kier molecular flexibility index (Phi) is 6.82. The van der Waals surface area contributed by atoms with E-state index in [1.807, 2.05) is 58.3 Å². The summed E-state index contributed by atoms with van der Waals surface area (Å²) in [7, 11) is 0.